The molecule has 0 aliphatic heterocycles. The molecule has 1 aliphatic carbocycles. The maximum Gasteiger partial charge on any atom is 0.219 e. The fourth-order valence-electron chi connectivity index (χ4n) is 2.42. The van der Waals surface area contributed by atoms with Crippen molar-refractivity contribution in [2.24, 2.45) is 5.92 Å². The molecule has 108 valence electrons. The SMILES string of the molecule is CC(C)CCN(C1CCCC1)S(=O)(=O)C(C)CO. The first kappa shape index (κ1) is 15.9. The topological polar surface area (TPSA) is 57.6 Å². The number of aliphatic hydroxyl groups is 1. The van der Waals surface area contributed by atoms with Crippen LogP contribution >= 0.6 is 0 Å². The predicted molar refractivity (Wildman–Crippen MR) is 73.9 cm³/mol. The maximum absolute atomic E-state index is 12.4. The van der Waals surface area contributed by atoms with Gasteiger partial charge in [0.1, 0.15) is 0 Å². The van der Waals surface area contributed by atoms with Gasteiger partial charge in [0.05, 0.1) is 11.9 Å². The van der Waals surface area contributed by atoms with Crippen molar-refractivity contribution in [3.63, 3.8) is 0 Å². The summed E-state index contributed by atoms with van der Waals surface area (Å²) in [7, 11) is -3.35. The molecule has 5 heteroatoms. The van der Waals surface area contributed by atoms with Crippen LogP contribution in [0, 0.1) is 5.92 Å². The van der Waals surface area contributed by atoms with Gasteiger partial charge in [0.15, 0.2) is 0 Å². The van der Waals surface area contributed by atoms with E-state index in [4.69, 9.17) is 5.11 Å². The van der Waals surface area contributed by atoms with E-state index in [0.717, 1.165) is 32.1 Å². The molecule has 1 aliphatic rings. The highest BCUT2D eigenvalue weighted by Crippen LogP contribution is 2.27. The minimum absolute atomic E-state index is 0.155. The van der Waals surface area contributed by atoms with Crippen molar-refractivity contribution in [3.05, 3.63) is 0 Å². The van der Waals surface area contributed by atoms with Gasteiger partial charge in [0, 0.05) is 12.6 Å². The highest BCUT2D eigenvalue weighted by Gasteiger charge is 2.35. The molecule has 4 nitrogen and oxygen atoms in total. The summed E-state index contributed by atoms with van der Waals surface area (Å²) >= 11 is 0. The van der Waals surface area contributed by atoms with Gasteiger partial charge >= 0.3 is 0 Å². The Morgan fingerprint density at radius 1 is 1.22 bits per heavy atom. The fourth-order valence-corrected chi connectivity index (χ4v) is 4.06. The van der Waals surface area contributed by atoms with E-state index in [0.29, 0.717) is 12.5 Å². The lowest BCUT2D eigenvalue weighted by molar-refractivity contribution is 0.271. The molecule has 0 amide bonds. The summed E-state index contributed by atoms with van der Waals surface area (Å²) in [5, 5.41) is 8.44. The minimum Gasteiger partial charge on any atom is -0.395 e. The van der Waals surface area contributed by atoms with Crippen LogP contribution < -0.4 is 0 Å². The molecule has 0 bridgehead atoms. The summed E-state index contributed by atoms with van der Waals surface area (Å²) in [5.41, 5.74) is 0. The van der Waals surface area contributed by atoms with Crippen LogP contribution in [-0.2, 0) is 10.0 Å². The molecule has 1 saturated carbocycles. The lowest BCUT2D eigenvalue weighted by Crippen LogP contribution is -2.45. The second-order valence-corrected chi connectivity index (χ2v) is 8.07. The number of hydrogen-bond donors (Lipinski definition) is 1. The molecule has 0 radical (unpaired) electrons. The van der Waals surface area contributed by atoms with Crippen molar-refractivity contribution < 1.29 is 13.5 Å². The third kappa shape index (κ3) is 3.93. The number of nitrogens with zero attached hydrogens (tertiary/aromatic N) is 1. The van der Waals surface area contributed by atoms with E-state index in [1.54, 1.807) is 11.2 Å². The van der Waals surface area contributed by atoms with Crippen LogP contribution in [0.2, 0.25) is 0 Å². The van der Waals surface area contributed by atoms with Crippen molar-refractivity contribution in [1.29, 1.82) is 0 Å². The molecule has 1 N–H and O–H groups in total. The van der Waals surface area contributed by atoms with Gasteiger partial charge < -0.3 is 5.11 Å². The van der Waals surface area contributed by atoms with Gasteiger partial charge in [-0.1, -0.05) is 26.7 Å². The summed E-state index contributed by atoms with van der Waals surface area (Å²) in [6.45, 7) is 6.10. The lowest BCUT2D eigenvalue weighted by Gasteiger charge is -2.30. The second-order valence-electron chi connectivity index (χ2n) is 5.77. The lowest BCUT2D eigenvalue weighted by atomic mass is 10.1. The summed E-state index contributed by atoms with van der Waals surface area (Å²) in [4.78, 5) is 0. The van der Waals surface area contributed by atoms with Gasteiger partial charge in [-0.25, -0.2) is 8.42 Å². The zero-order valence-corrected chi connectivity index (χ0v) is 12.6. The quantitative estimate of drug-likeness (QED) is 0.774. The first-order valence-corrected chi connectivity index (χ1v) is 8.51. The Morgan fingerprint density at radius 2 is 1.78 bits per heavy atom. The molecule has 1 atom stereocenters. The molecule has 0 aromatic carbocycles. The van der Waals surface area contributed by atoms with Gasteiger partial charge in [-0.05, 0) is 32.1 Å². The summed E-state index contributed by atoms with van der Waals surface area (Å²) in [6.07, 6.45) is 5.05. The molecule has 1 fully saturated rings. The number of sulfonamides is 1. The predicted octanol–water partition coefficient (Wildman–Crippen LogP) is 1.99. The van der Waals surface area contributed by atoms with Crippen LogP contribution in [0.15, 0.2) is 0 Å². The third-order valence-electron chi connectivity index (χ3n) is 3.75. The minimum atomic E-state index is -3.35. The van der Waals surface area contributed by atoms with E-state index < -0.39 is 15.3 Å². The molecular weight excluding hydrogens is 250 g/mol. The Balaban J connectivity index is 2.81. The van der Waals surface area contributed by atoms with E-state index >= 15 is 0 Å². The van der Waals surface area contributed by atoms with Crippen LogP contribution in [0.25, 0.3) is 0 Å². The molecule has 1 rings (SSSR count). The molecule has 18 heavy (non-hydrogen) atoms. The molecule has 0 heterocycles. The van der Waals surface area contributed by atoms with Crippen LogP contribution in [0.4, 0.5) is 0 Å². The molecular formula is C13H27NO3S. The average molecular weight is 277 g/mol. The van der Waals surface area contributed by atoms with Crippen molar-refractivity contribution >= 4 is 10.0 Å². The fraction of sp³-hybridized carbons (Fsp3) is 1.00. The summed E-state index contributed by atoms with van der Waals surface area (Å²) in [6, 6.07) is 0.155. The molecule has 0 saturated heterocycles. The monoisotopic (exact) mass is 277 g/mol. The van der Waals surface area contributed by atoms with Gasteiger partial charge in [0.2, 0.25) is 10.0 Å². The summed E-state index contributed by atoms with van der Waals surface area (Å²) in [5.74, 6) is 0.494. The van der Waals surface area contributed by atoms with Crippen LogP contribution in [0.3, 0.4) is 0 Å². The number of aliphatic hydroxyl groups excluding tert-OH is 1. The van der Waals surface area contributed by atoms with E-state index in [-0.39, 0.29) is 12.6 Å². The molecule has 1 unspecified atom stereocenters. The number of hydrogen-bond acceptors (Lipinski definition) is 3. The van der Waals surface area contributed by atoms with E-state index in [1.807, 2.05) is 0 Å². The highest BCUT2D eigenvalue weighted by atomic mass is 32.2. The van der Waals surface area contributed by atoms with Crippen molar-refractivity contribution in [2.45, 2.75) is 64.2 Å². The highest BCUT2D eigenvalue weighted by molar-refractivity contribution is 7.89. The van der Waals surface area contributed by atoms with Gasteiger partial charge in [-0.2, -0.15) is 4.31 Å². The van der Waals surface area contributed by atoms with E-state index in [9.17, 15) is 8.42 Å². The Bertz CT molecular complexity index is 334. The standard InChI is InChI=1S/C13H27NO3S/c1-11(2)8-9-14(13-6-4-5-7-13)18(16,17)12(3)10-15/h11-13,15H,4-10H2,1-3H3. The largest absolute Gasteiger partial charge is 0.395 e. The van der Waals surface area contributed by atoms with Crippen molar-refractivity contribution in [1.82, 2.24) is 4.31 Å². The van der Waals surface area contributed by atoms with E-state index in [1.165, 1.54) is 0 Å². The van der Waals surface area contributed by atoms with Gasteiger partial charge in [-0.3, -0.25) is 0 Å². The average Bonchev–Trinajstić information content (AvgIpc) is 2.80. The first-order chi connectivity index (χ1) is 8.39. The maximum atomic E-state index is 12.4. The van der Waals surface area contributed by atoms with Crippen molar-refractivity contribution in [3.8, 4) is 0 Å². The summed E-state index contributed by atoms with van der Waals surface area (Å²) < 4.78 is 26.5. The molecule has 0 aromatic heterocycles. The van der Waals surface area contributed by atoms with Gasteiger partial charge in [0.25, 0.3) is 0 Å². The second kappa shape index (κ2) is 6.87. The first-order valence-electron chi connectivity index (χ1n) is 7.01. The normalized spacial score (nSPS) is 19.9. The van der Waals surface area contributed by atoms with Crippen LogP contribution in [0.5, 0.6) is 0 Å². The smallest absolute Gasteiger partial charge is 0.219 e. The van der Waals surface area contributed by atoms with Crippen molar-refractivity contribution in [2.75, 3.05) is 13.2 Å². The zero-order valence-electron chi connectivity index (χ0n) is 11.8. The molecule has 0 spiro atoms. The van der Waals surface area contributed by atoms with Crippen LogP contribution in [0.1, 0.15) is 52.9 Å². The number of rotatable bonds is 7. The zero-order chi connectivity index (χ0) is 13.8. The Hall–Kier alpha value is -0.130. The Morgan fingerprint density at radius 3 is 2.22 bits per heavy atom. The van der Waals surface area contributed by atoms with Gasteiger partial charge in [-0.15, -0.1) is 0 Å². The molecule has 0 aromatic rings. The van der Waals surface area contributed by atoms with Crippen LogP contribution in [-0.4, -0.2) is 42.3 Å². The Labute approximate surface area is 111 Å². The van der Waals surface area contributed by atoms with E-state index in [2.05, 4.69) is 13.8 Å². The Kier molecular flexibility index (Phi) is 6.08. The third-order valence-corrected chi connectivity index (χ3v) is 6.05.